The summed E-state index contributed by atoms with van der Waals surface area (Å²) < 4.78 is 15.2. The molecule has 0 unspecified atom stereocenters. The van der Waals surface area contributed by atoms with Crippen LogP contribution < -0.4 is 9.47 Å². The first kappa shape index (κ1) is 13.0. The van der Waals surface area contributed by atoms with Crippen molar-refractivity contribution in [3.63, 3.8) is 0 Å². The second-order valence-corrected chi connectivity index (χ2v) is 3.78. The molecule has 0 aliphatic carbocycles. The van der Waals surface area contributed by atoms with Crippen LogP contribution >= 0.6 is 0 Å². The largest absolute Gasteiger partial charge is 0.514 e. The summed E-state index contributed by atoms with van der Waals surface area (Å²) in [6.07, 6.45) is -0.756. The van der Waals surface area contributed by atoms with Crippen molar-refractivity contribution in [1.82, 2.24) is 0 Å². The Balaban J connectivity index is 1.91. The molecule has 0 N–H and O–H groups in total. The van der Waals surface area contributed by atoms with Crippen molar-refractivity contribution < 1.29 is 19.0 Å². The van der Waals surface area contributed by atoms with Crippen LogP contribution in [-0.4, -0.2) is 13.3 Å². The lowest BCUT2D eigenvalue weighted by molar-refractivity contribution is 0.0917. The van der Waals surface area contributed by atoms with Crippen molar-refractivity contribution in [2.45, 2.75) is 6.61 Å². The molecule has 98 valence electrons. The molecular weight excluding hydrogens is 244 g/mol. The smallest absolute Gasteiger partial charge is 0.493 e. The minimum Gasteiger partial charge on any atom is -0.493 e. The number of benzene rings is 2. The van der Waals surface area contributed by atoms with E-state index in [0.717, 1.165) is 5.56 Å². The molecule has 0 amide bonds. The molecule has 0 aromatic heterocycles. The zero-order valence-electron chi connectivity index (χ0n) is 10.5. The molecule has 2 aromatic carbocycles. The molecule has 2 aromatic rings. The number of carbonyl (C=O) groups is 1. The quantitative estimate of drug-likeness (QED) is 0.622. The number of carbonyl (C=O) groups excluding carboxylic acids is 1. The molecular formula is C15H14O4. The number of rotatable bonds is 4. The van der Waals surface area contributed by atoms with Gasteiger partial charge in [0.1, 0.15) is 6.61 Å². The second kappa shape index (κ2) is 6.44. The molecule has 0 radical (unpaired) electrons. The van der Waals surface area contributed by atoms with E-state index in [1.54, 1.807) is 24.3 Å². The number of hydrogen-bond acceptors (Lipinski definition) is 4. The lowest BCUT2D eigenvalue weighted by atomic mass is 10.2. The SMILES string of the molecule is COc1ccccc1OC(=O)OCc1ccccc1. The standard InChI is InChI=1S/C15H14O4/c1-17-13-9-5-6-10-14(13)19-15(16)18-11-12-7-3-2-4-8-12/h2-10H,11H2,1H3. The van der Waals surface area contributed by atoms with E-state index in [1.807, 2.05) is 30.3 Å². The van der Waals surface area contributed by atoms with Crippen LogP contribution in [0, 0.1) is 0 Å². The summed E-state index contributed by atoms with van der Waals surface area (Å²) in [5, 5.41) is 0. The van der Waals surface area contributed by atoms with Gasteiger partial charge in [-0.15, -0.1) is 0 Å². The molecule has 0 saturated heterocycles. The Morgan fingerprint density at radius 3 is 2.26 bits per heavy atom. The fraction of sp³-hybridized carbons (Fsp3) is 0.133. The molecule has 0 heterocycles. The van der Waals surface area contributed by atoms with Gasteiger partial charge in [0.25, 0.3) is 0 Å². The molecule has 19 heavy (non-hydrogen) atoms. The Labute approximate surface area is 111 Å². The predicted molar refractivity (Wildman–Crippen MR) is 70.2 cm³/mol. The first-order chi connectivity index (χ1) is 9.29. The molecule has 4 nitrogen and oxygen atoms in total. The summed E-state index contributed by atoms with van der Waals surface area (Å²) in [5.41, 5.74) is 0.902. The highest BCUT2D eigenvalue weighted by Gasteiger charge is 2.10. The van der Waals surface area contributed by atoms with Gasteiger partial charge in [-0.3, -0.25) is 0 Å². The maximum absolute atomic E-state index is 11.6. The molecule has 0 aliphatic rings. The molecule has 0 atom stereocenters. The second-order valence-electron chi connectivity index (χ2n) is 3.78. The van der Waals surface area contributed by atoms with Gasteiger partial charge in [0.15, 0.2) is 11.5 Å². The van der Waals surface area contributed by atoms with E-state index in [2.05, 4.69) is 0 Å². The highest BCUT2D eigenvalue weighted by atomic mass is 16.7. The average Bonchev–Trinajstić information content (AvgIpc) is 2.47. The monoisotopic (exact) mass is 258 g/mol. The fourth-order valence-electron chi connectivity index (χ4n) is 1.54. The third-order valence-electron chi connectivity index (χ3n) is 2.46. The van der Waals surface area contributed by atoms with Gasteiger partial charge in [0.2, 0.25) is 0 Å². The van der Waals surface area contributed by atoms with Crippen molar-refractivity contribution >= 4 is 6.16 Å². The van der Waals surface area contributed by atoms with Gasteiger partial charge in [-0.25, -0.2) is 4.79 Å². The first-order valence-corrected chi connectivity index (χ1v) is 5.81. The average molecular weight is 258 g/mol. The summed E-state index contributed by atoms with van der Waals surface area (Å²) in [6.45, 7) is 0.175. The van der Waals surface area contributed by atoms with E-state index in [4.69, 9.17) is 14.2 Å². The van der Waals surface area contributed by atoms with Crippen LogP contribution in [0.4, 0.5) is 4.79 Å². The molecule has 4 heteroatoms. The third kappa shape index (κ3) is 3.74. The van der Waals surface area contributed by atoms with Crippen LogP contribution in [0.2, 0.25) is 0 Å². The van der Waals surface area contributed by atoms with Gasteiger partial charge in [-0.2, -0.15) is 0 Å². The Morgan fingerprint density at radius 1 is 0.947 bits per heavy atom. The number of hydrogen-bond donors (Lipinski definition) is 0. The van der Waals surface area contributed by atoms with E-state index in [-0.39, 0.29) is 6.61 Å². The van der Waals surface area contributed by atoms with Crippen molar-refractivity contribution in [2.75, 3.05) is 7.11 Å². The summed E-state index contributed by atoms with van der Waals surface area (Å²) in [6, 6.07) is 16.3. The number of methoxy groups -OCH3 is 1. The van der Waals surface area contributed by atoms with Gasteiger partial charge in [0.05, 0.1) is 7.11 Å². The van der Waals surface area contributed by atoms with Gasteiger partial charge >= 0.3 is 6.16 Å². The summed E-state index contributed by atoms with van der Waals surface area (Å²) in [7, 11) is 1.51. The molecule has 0 aliphatic heterocycles. The minimum absolute atomic E-state index is 0.175. The number of ether oxygens (including phenoxy) is 3. The fourth-order valence-corrected chi connectivity index (χ4v) is 1.54. The Kier molecular flexibility index (Phi) is 4.39. The van der Waals surface area contributed by atoms with Gasteiger partial charge < -0.3 is 14.2 Å². The molecule has 0 bridgehead atoms. The van der Waals surface area contributed by atoms with Gasteiger partial charge in [0, 0.05) is 0 Å². The normalized spacial score (nSPS) is 9.74. The lowest BCUT2D eigenvalue weighted by Crippen LogP contribution is -2.11. The van der Waals surface area contributed by atoms with E-state index in [0.29, 0.717) is 11.5 Å². The van der Waals surface area contributed by atoms with Crippen molar-refractivity contribution in [3.05, 3.63) is 60.2 Å². The Bertz CT molecular complexity index is 537. The summed E-state index contributed by atoms with van der Waals surface area (Å²) in [5.74, 6) is 0.822. The van der Waals surface area contributed by atoms with Crippen molar-refractivity contribution in [2.24, 2.45) is 0 Å². The van der Waals surface area contributed by atoms with Crippen LogP contribution in [0.25, 0.3) is 0 Å². The van der Waals surface area contributed by atoms with Crippen molar-refractivity contribution in [1.29, 1.82) is 0 Å². The van der Waals surface area contributed by atoms with E-state index in [9.17, 15) is 4.79 Å². The highest BCUT2D eigenvalue weighted by Crippen LogP contribution is 2.26. The zero-order chi connectivity index (χ0) is 13.5. The van der Waals surface area contributed by atoms with Crippen LogP contribution in [0.15, 0.2) is 54.6 Å². The van der Waals surface area contributed by atoms with Crippen LogP contribution in [0.3, 0.4) is 0 Å². The zero-order valence-corrected chi connectivity index (χ0v) is 10.5. The molecule has 0 fully saturated rings. The van der Waals surface area contributed by atoms with Crippen molar-refractivity contribution in [3.8, 4) is 11.5 Å². The molecule has 2 rings (SSSR count). The van der Waals surface area contributed by atoms with Crippen LogP contribution in [-0.2, 0) is 11.3 Å². The van der Waals surface area contributed by atoms with E-state index < -0.39 is 6.16 Å². The third-order valence-corrected chi connectivity index (χ3v) is 2.46. The number of para-hydroxylation sites is 2. The Hall–Kier alpha value is -2.49. The maximum atomic E-state index is 11.6. The summed E-state index contributed by atoms with van der Waals surface area (Å²) >= 11 is 0. The topological polar surface area (TPSA) is 44.8 Å². The van der Waals surface area contributed by atoms with Crippen LogP contribution in [0.1, 0.15) is 5.56 Å². The highest BCUT2D eigenvalue weighted by molar-refractivity contribution is 5.65. The van der Waals surface area contributed by atoms with E-state index >= 15 is 0 Å². The lowest BCUT2D eigenvalue weighted by Gasteiger charge is -2.09. The molecule has 0 spiro atoms. The van der Waals surface area contributed by atoms with Gasteiger partial charge in [-0.1, -0.05) is 42.5 Å². The summed E-state index contributed by atoms with van der Waals surface area (Å²) in [4.78, 5) is 11.6. The van der Waals surface area contributed by atoms with E-state index in [1.165, 1.54) is 7.11 Å². The van der Waals surface area contributed by atoms with Gasteiger partial charge in [-0.05, 0) is 17.7 Å². The minimum atomic E-state index is -0.756. The Morgan fingerprint density at radius 2 is 1.58 bits per heavy atom. The predicted octanol–water partition coefficient (Wildman–Crippen LogP) is 3.41. The van der Waals surface area contributed by atoms with Crippen LogP contribution in [0.5, 0.6) is 11.5 Å². The maximum Gasteiger partial charge on any atom is 0.514 e. The first-order valence-electron chi connectivity index (χ1n) is 5.81. The molecule has 0 saturated carbocycles.